The van der Waals surface area contributed by atoms with E-state index in [4.69, 9.17) is 4.74 Å². The third-order valence-corrected chi connectivity index (χ3v) is 6.88. The van der Waals surface area contributed by atoms with Crippen molar-refractivity contribution < 1.29 is 9.53 Å². The molecule has 142 valence electrons. The molecule has 0 spiro atoms. The zero-order valence-electron chi connectivity index (χ0n) is 16.2. The first-order valence-corrected chi connectivity index (χ1v) is 10.8. The van der Waals surface area contributed by atoms with Crippen LogP contribution in [0.2, 0.25) is 0 Å². The van der Waals surface area contributed by atoms with Crippen molar-refractivity contribution in [3.8, 4) is 5.75 Å². The molecule has 1 aliphatic heterocycles. The number of hydrogen-bond acceptors (Lipinski definition) is 4. The molecule has 0 N–H and O–H groups in total. The lowest BCUT2D eigenvalue weighted by molar-refractivity contribution is 0.102. The van der Waals surface area contributed by atoms with Crippen molar-refractivity contribution in [2.45, 2.75) is 36.5 Å². The molecule has 4 heteroatoms. The first-order chi connectivity index (χ1) is 13.2. The first-order valence-electron chi connectivity index (χ1n) is 9.79. The quantitative estimate of drug-likeness (QED) is 0.733. The van der Waals surface area contributed by atoms with Gasteiger partial charge in [0.1, 0.15) is 5.75 Å². The molecule has 0 saturated heterocycles. The molecule has 4 rings (SSSR count). The normalized spacial score (nSPS) is 18.5. The van der Waals surface area contributed by atoms with Crippen molar-refractivity contribution in [1.29, 1.82) is 0 Å². The van der Waals surface area contributed by atoms with Gasteiger partial charge in [0, 0.05) is 23.5 Å². The van der Waals surface area contributed by atoms with Crippen LogP contribution in [0.3, 0.4) is 0 Å². The maximum atomic E-state index is 11.8. The highest BCUT2D eigenvalue weighted by Crippen LogP contribution is 2.37. The molecule has 2 aromatic rings. The summed E-state index contributed by atoms with van der Waals surface area (Å²) in [6.45, 7) is 2.12. The number of rotatable bonds is 6. The van der Waals surface area contributed by atoms with Gasteiger partial charge in [0.15, 0.2) is 5.78 Å². The Bertz CT molecular complexity index is 848. The van der Waals surface area contributed by atoms with E-state index in [0.717, 1.165) is 42.1 Å². The highest BCUT2D eigenvalue weighted by atomic mass is 32.2. The van der Waals surface area contributed by atoms with Gasteiger partial charge < -0.3 is 9.64 Å². The average molecular weight is 382 g/mol. The fourth-order valence-corrected chi connectivity index (χ4v) is 5.39. The second-order valence-corrected chi connectivity index (χ2v) is 8.69. The minimum absolute atomic E-state index is 0.269. The van der Waals surface area contributed by atoms with E-state index in [9.17, 15) is 4.79 Å². The molecule has 0 fully saturated rings. The van der Waals surface area contributed by atoms with Gasteiger partial charge in [-0.15, -0.1) is 11.8 Å². The maximum Gasteiger partial charge on any atom is 0.174 e. The zero-order valence-corrected chi connectivity index (χ0v) is 17.0. The van der Waals surface area contributed by atoms with Crippen LogP contribution in [0.5, 0.6) is 5.75 Å². The van der Waals surface area contributed by atoms with Crippen LogP contribution >= 0.6 is 11.8 Å². The number of ether oxygens (including phenoxy) is 1. The van der Waals surface area contributed by atoms with Gasteiger partial charge in [-0.1, -0.05) is 18.2 Å². The minimum Gasteiger partial charge on any atom is -0.496 e. The third-order valence-electron chi connectivity index (χ3n) is 5.83. The van der Waals surface area contributed by atoms with Crippen molar-refractivity contribution in [3.63, 3.8) is 0 Å². The fraction of sp³-hybridized carbons (Fsp3) is 0.435. The number of benzene rings is 2. The van der Waals surface area contributed by atoms with Gasteiger partial charge in [0.05, 0.1) is 12.9 Å². The second-order valence-electron chi connectivity index (χ2n) is 7.67. The maximum absolute atomic E-state index is 11.8. The number of carbonyl (C=O) groups excluding carboxylic acids is 1. The molecule has 0 amide bonds. The van der Waals surface area contributed by atoms with E-state index in [0.29, 0.717) is 11.7 Å². The molecule has 1 atom stereocenters. The van der Waals surface area contributed by atoms with Gasteiger partial charge >= 0.3 is 0 Å². The summed E-state index contributed by atoms with van der Waals surface area (Å²) in [5.74, 6) is 2.50. The smallest absolute Gasteiger partial charge is 0.174 e. The number of fused-ring (bicyclic) bond motifs is 2. The van der Waals surface area contributed by atoms with E-state index >= 15 is 0 Å². The van der Waals surface area contributed by atoms with Gasteiger partial charge in [-0.3, -0.25) is 4.79 Å². The lowest BCUT2D eigenvalue weighted by Crippen LogP contribution is -2.28. The molecule has 2 aromatic carbocycles. The van der Waals surface area contributed by atoms with Crippen molar-refractivity contribution in [2.24, 2.45) is 0 Å². The fourth-order valence-electron chi connectivity index (χ4n) is 4.37. The molecule has 0 saturated carbocycles. The SMILES string of the molecule is COc1cccc2c1CCCC2CN(C)CCc1ccc2c(c1)SCC2=O. The number of hydrogen-bond donors (Lipinski definition) is 0. The van der Waals surface area contributed by atoms with E-state index in [-0.39, 0.29) is 5.78 Å². The van der Waals surface area contributed by atoms with Crippen molar-refractivity contribution in [3.05, 3.63) is 58.7 Å². The number of Topliss-reactive ketones (excluding diaryl/α,β-unsaturated/α-hetero) is 1. The Kier molecular flexibility index (Phi) is 5.55. The number of likely N-dealkylation sites (N-methyl/N-ethyl adjacent to an activating group) is 1. The van der Waals surface area contributed by atoms with E-state index < -0.39 is 0 Å². The van der Waals surface area contributed by atoms with E-state index in [1.807, 2.05) is 6.07 Å². The summed E-state index contributed by atoms with van der Waals surface area (Å²) >= 11 is 1.67. The highest BCUT2D eigenvalue weighted by molar-refractivity contribution is 8.00. The summed E-state index contributed by atoms with van der Waals surface area (Å²) in [4.78, 5) is 15.4. The lowest BCUT2D eigenvalue weighted by Gasteiger charge is -2.30. The summed E-state index contributed by atoms with van der Waals surface area (Å²) in [5, 5.41) is 0. The topological polar surface area (TPSA) is 29.5 Å². The molecular formula is C23H27NO2S. The van der Waals surface area contributed by atoms with Crippen LogP contribution in [0.25, 0.3) is 0 Å². The first kappa shape index (κ1) is 18.6. The lowest BCUT2D eigenvalue weighted by atomic mass is 9.82. The predicted octanol–water partition coefficient (Wildman–Crippen LogP) is 4.58. The third kappa shape index (κ3) is 3.92. The minimum atomic E-state index is 0.269. The van der Waals surface area contributed by atoms with E-state index in [1.165, 1.54) is 29.5 Å². The van der Waals surface area contributed by atoms with Gasteiger partial charge in [0.2, 0.25) is 0 Å². The van der Waals surface area contributed by atoms with Gasteiger partial charge in [-0.05, 0) is 73.5 Å². The molecule has 1 heterocycles. The van der Waals surface area contributed by atoms with Crippen LogP contribution in [-0.4, -0.2) is 43.7 Å². The zero-order chi connectivity index (χ0) is 18.8. The van der Waals surface area contributed by atoms with Gasteiger partial charge in [-0.25, -0.2) is 0 Å². The van der Waals surface area contributed by atoms with Crippen LogP contribution in [0.1, 0.15) is 45.8 Å². The van der Waals surface area contributed by atoms with Crippen molar-refractivity contribution in [1.82, 2.24) is 4.90 Å². The summed E-state index contributed by atoms with van der Waals surface area (Å²) in [6.07, 6.45) is 4.64. The Hall–Kier alpha value is -1.78. The van der Waals surface area contributed by atoms with Gasteiger partial charge in [0.25, 0.3) is 0 Å². The van der Waals surface area contributed by atoms with Crippen LogP contribution in [0.15, 0.2) is 41.3 Å². The molecule has 27 heavy (non-hydrogen) atoms. The standard InChI is InChI=1S/C23H27NO2S/c1-24(12-11-16-9-10-20-21(25)15-27-23(20)13-16)14-17-5-3-7-19-18(17)6-4-8-22(19)26-2/h4,6,8-10,13,17H,3,5,7,11-12,14-15H2,1-2H3. The number of ketones is 1. The number of nitrogens with zero attached hydrogens (tertiary/aromatic N) is 1. The Labute approximate surface area is 166 Å². The molecule has 0 aromatic heterocycles. The molecule has 1 aliphatic carbocycles. The highest BCUT2D eigenvalue weighted by Gasteiger charge is 2.24. The van der Waals surface area contributed by atoms with Crippen molar-refractivity contribution in [2.75, 3.05) is 33.0 Å². The molecule has 0 radical (unpaired) electrons. The monoisotopic (exact) mass is 381 g/mol. The predicted molar refractivity (Wildman–Crippen MR) is 111 cm³/mol. The van der Waals surface area contributed by atoms with Crippen LogP contribution < -0.4 is 4.74 Å². The number of carbonyl (C=O) groups is 1. The molecule has 3 nitrogen and oxygen atoms in total. The molecule has 1 unspecified atom stereocenters. The summed E-state index contributed by atoms with van der Waals surface area (Å²) in [5.41, 5.74) is 5.11. The Morgan fingerprint density at radius 1 is 1.26 bits per heavy atom. The molecular weight excluding hydrogens is 354 g/mol. The Balaban J connectivity index is 1.38. The Morgan fingerprint density at radius 3 is 3.00 bits per heavy atom. The number of thioether (sulfide) groups is 1. The van der Waals surface area contributed by atoms with Crippen molar-refractivity contribution >= 4 is 17.5 Å². The average Bonchev–Trinajstić information content (AvgIpc) is 3.06. The van der Waals surface area contributed by atoms with Crippen LogP contribution in [0, 0.1) is 0 Å². The van der Waals surface area contributed by atoms with Crippen LogP contribution in [-0.2, 0) is 12.8 Å². The van der Waals surface area contributed by atoms with Crippen LogP contribution in [0.4, 0.5) is 0 Å². The largest absolute Gasteiger partial charge is 0.496 e. The summed E-state index contributed by atoms with van der Waals surface area (Å²) in [6, 6.07) is 12.8. The Morgan fingerprint density at radius 2 is 2.15 bits per heavy atom. The second kappa shape index (κ2) is 8.07. The van der Waals surface area contributed by atoms with Gasteiger partial charge in [-0.2, -0.15) is 0 Å². The van der Waals surface area contributed by atoms with E-state index in [2.05, 4.69) is 42.3 Å². The summed E-state index contributed by atoms with van der Waals surface area (Å²) in [7, 11) is 3.99. The number of methoxy groups -OCH3 is 1. The molecule has 2 aliphatic rings. The van der Waals surface area contributed by atoms with E-state index in [1.54, 1.807) is 18.9 Å². The summed E-state index contributed by atoms with van der Waals surface area (Å²) < 4.78 is 5.58. The molecule has 0 bridgehead atoms.